The Morgan fingerprint density at radius 3 is 2.23 bits per heavy atom. The first-order valence-corrected chi connectivity index (χ1v) is 13.0. The predicted octanol–water partition coefficient (Wildman–Crippen LogP) is 9.04. The van der Waals surface area contributed by atoms with Crippen molar-refractivity contribution in [2.75, 3.05) is 6.61 Å². The van der Waals surface area contributed by atoms with E-state index in [2.05, 4.69) is 13.0 Å². The van der Waals surface area contributed by atoms with Gasteiger partial charge in [-0.1, -0.05) is 57.6 Å². The average molecular weight is 425 g/mol. The van der Waals surface area contributed by atoms with E-state index in [-0.39, 0.29) is 5.82 Å². The van der Waals surface area contributed by atoms with Gasteiger partial charge in [0.05, 0.1) is 6.61 Å². The molecule has 2 aromatic carbocycles. The molecular formula is C29H41FO. The lowest BCUT2D eigenvalue weighted by Gasteiger charge is -2.38. The maximum Gasteiger partial charge on any atom is 0.134 e. The lowest BCUT2D eigenvalue weighted by atomic mass is 9.68. The Balaban J connectivity index is 1.32. The zero-order chi connectivity index (χ0) is 21.6. The Hall–Kier alpha value is -1.57. The van der Waals surface area contributed by atoms with Crippen molar-refractivity contribution in [3.63, 3.8) is 0 Å². The van der Waals surface area contributed by atoms with Crippen LogP contribution in [-0.4, -0.2) is 6.61 Å². The average Bonchev–Trinajstić information content (AvgIpc) is 2.80. The second kappa shape index (κ2) is 10.8. The maximum absolute atomic E-state index is 15.4. The minimum Gasteiger partial charge on any atom is -0.494 e. The summed E-state index contributed by atoms with van der Waals surface area (Å²) in [5.74, 6) is 4.01. The highest BCUT2D eigenvalue weighted by Crippen LogP contribution is 2.45. The molecule has 0 spiro atoms. The number of hydrogen-bond donors (Lipinski definition) is 0. The fraction of sp³-hybridized carbons (Fsp3) is 0.655. The van der Waals surface area contributed by atoms with Gasteiger partial charge in [0, 0.05) is 5.39 Å². The third kappa shape index (κ3) is 5.44. The van der Waals surface area contributed by atoms with Crippen molar-refractivity contribution in [3.05, 3.63) is 41.7 Å². The van der Waals surface area contributed by atoms with Gasteiger partial charge in [-0.25, -0.2) is 4.39 Å². The van der Waals surface area contributed by atoms with Gasteiger partial charge in [-0.2, -0.15) is 0 Å². The molecule has 31 heavy (non-hydrogen) atoms. The van der Waals surface area contributed by atoms with Crippen LogP contribution in [0.4, 0.5) is 4.39 Å². The van der Waals surface area contributed by atoms with Gasteiger partial charge in [-0.15, -0.1) is 0 Å². The molecule has 0 unspecified atom stereocenters. The topological polar surface area (TPSA) is 9.23 Å². The molecule has 1 nitrogen and oxygen atoms in total. The van der Waals surface area contributed by atoms with Crippen LogP contribution in [-0.2, 0) is 0 Å². The van der Waals surface area contributed by atoms with Gasteiger partial charge in [0.1, 0.15) is 11.6 Å². The highest BCUT2D eigenvalue weighted by atomic mass is 19.1. The molecule has 0 amide bonds. The highest BCUT2D eigenvalue weighted by molar-refractivity contribution is 5.85. The van der Waals surface area contributed by atoms with Crippen molar-refractivity contribution >= 4 is 10.8 Å². The number of rotatable bonds is 8. The third-order valence-corrected chi connectivity index (χ3v) is 8.25. The number of halogens is 1. The largest absolute Gasteiger partial charge is 0.494 e. The molecule has 2 aliphatic rings. The molecule has 2 aliphatic carbocycles. The Morgan fingerprint density at radius 1 is 0.839 bits per heavy atom. The van der Waals surface area contributed by atoms with Crippen molar-refractivity contribution in [3.8, 4) is 5.75 Å². The first-order valence-electron chi connectivity index (χ1n) is 13.0. The van der Waals surface area contributed by atoms with E-state index in [9.17, 15) is 0 Å². The fourth-order valence-corrected chi connectivity index (χ4v) is 6.39. The van der Waals surface area contributed by atoms with Crippen molar-refractivity contribution < 1.29 is 9.13 Å². The molecule has 2 heteroatoms. The van der Waals surface area contributed by atoms with Gasteiger partial charge in [-0.05, 0) is 98.3 Å². The lowest BCUT2D eigenvalue weighted by molar-refractivity contribution is 0.155. The molecule has 0 saturated heterocycles. The van der Waals surface area contributed by atoms with Crippen LogP contribution in [0.2, 0.25) is 0 Å². The van der Waals surface area contributed by atoms with Gasteiger partial charge < -0.3 is 4.74 Å². The van der Waals surface area contributed by atoms with Crippen LogP contribution in [0.3, 0.4) is 0 Å². The Labute approximate surface area is 188 Å². The van der Waals surface area contributed by atoms with E-state index in [1.807, 2.05) is 31.2 Å². The van der Waals surface area contributed by atoms with E-state index >= 15 is 4.39 Å². The third-order valence-electron chi connectivity index (χ3n) is 8.25. The minimum absolute atomic E-state index is 0.00316. The summed E-state index contributed by atoms with van der Waals surface area (Å²) in [6.07, 6.45) is 16.3. The summed E-state index contributed by atoms with van der Waals surface area (Å²) in [5.41, 5.74) is 0.940. The number of hydrogen-bond acceptors (Lipinski definition) is 1. The molecule has 0 bridgehead atoms. The van der Waals surface area contributed by atoms with E-state index in [0.29, 0.717) is 12.5 Å². The van der Waals surface area contributed by atoms with Crippen LogP contribution in [0.25, 0.3) is 10.8 Å². The standard InChI is InChI=1S/C29H41FO/c1-3-5-6-7-21-8-10-22(11-9-21)23-12-14-24(15-13-23)27-18-16-25-20-26(31-4-2)17-19-28(25)29(27)30/h16-24H,3-15H2,1-2H3. The number of benzene rings is 2. The van der Waals surface area contributed by atoms with Crippen molar-refractivity contribution in [2.45, 2.75) is 96.8 Å². The van der Waals surface area contributed by atoms with E-state index < -0.39 is 0 Å². The molecule has 4 rings (SSSR count). The van der Waals surface area contributed by atoms with Crippen LogP contribution in [0.1, 0.15) is 102 Å². The smallest absolute Gasteiger partial charge is 0.134 e. The van der Waals surface area contributed by atoms with E-state index in [1.54, 1.807) is 0 Å². The first kappa shape index (κ1) is 22.6. The van der Waals surface area contributed by atoms with Crippen molar-refractivity contribution in [2.24, 2.45) is 17.8 Å². The molecule has 0 atom stereocenters. The van der Waals surface area contributed by atoms with Gasteiger partial charge in [0.2, 0.25) is 0 Å². The second-order valence-electron chi connectivity index (χ2n) is 10.2. The normalized spacial score (nSPS) is 26.8. The van der Waals surface area contributed by atoms with Crippen LogP contribution in [0.5, 0.6) is 5.75 Å². The molecule has 0 radical (unpaired) electrons. The summed E-state index contributed by atoms with van der Waals surface area (Å²) in [7, 11) is 0. The number of unbranched alkanes of at least 4 members (excludes halogenated alkanes) is 2. The summed E-state index contributed by atoms with van der Waals surface area (Å²) in [4.78, 5) is 0. The molecule has 0 aliphatic heterocycles. The fourth-order valence-electron chi connectivity index (χ4n) is 6.39. The summed E-state index contributed by atoms with van der Waals surface area (Å²) in [6.45, 7) is 4.91. The molecule has 0 N–H and O–H groups in total. The quantitative estimate of drug-likeness (QED) is 0.384. The van der Waals surface area contributed by atoms with Crippen LogP contribution in [0, 0.1) is 23.6 Å². The minimum atomic E-state index is -0.00316. The van der Waals surface area contributed by atoms with Gasteiger partial charge in [-0.3, -0.25) is 0 Å². The summed E-state index contributed by atoms with van der Waals surface area (Å²) < 4.78 is 20.9. The monoisotopic (exact) mass is 424 g/mol. The predicted molar refractivity (Wildman–Crippen MR) is 129 cm³/mol. The number of ether oxygens (including phenoxy) is 1. The molecule has 170 valence electrons. The Bertz CT molecular complexity index is 828. The van der Waals surface area contributed by atoms with Crippen molar-refractivity contribution in [1.29, 1.82) is 0 Å². The van der Waals surface area contributed by atoms with Crippen LogP contribution in [0.15, 0.2) is 30.3 Å². The van der Waals surface area contributed by atoms with Gasteiger partial charge in [0.25, 0.3) is 0 Å². The van der Waals surface area contributed by atoms with E-state index in [1.165, 1.54) is 64.2 Å². The Morgan fingerprint density at radius 2 is 1.55 bits per heavy atom. The number of fused-ring (bicyclic) bond motifs is 1. The molecule has 2 fully saturated rings. The van der Waals surface area contributed by atoms with Crippen LogP contribution < -0.4 is 4.74 Å². The zero-order valence-corrected chi connectivity index (χ0v) is 19.7. The highest BCUT2D eigenvalue weighted by Gasteiger charge is 2.32. The molecular weight excluding hydrogens is 383 g/mol. The molecule has 2 saturated carbocycles. The Kier molecular flexibility index (Phi) is 7.91. The summed E-state index contributed by atoms with van der Waals surface area (Å²) in [6, 6.07) is 9.88. The summed E-state index contributed by atoms with van der Waals surface area (Å²) in [5, 5.41) is 1.68. The van der Waals surface area contributed by atoms with Crippen molar-refractivity contribution in [1.82, 2.24) is 0 Å². The SMILES string of the molecule is CCCCCC1CCC(C2CCC(c3ccc4cc(OCC)ccc4c3F)CC2)CC1. The molecule has 0 aromatic heterocycles. The van der Waals surface area contributed by atoms with Crippen LogP contribution >= 0.6 is 0 Å². The second-order valence-corrected chi connectivity index (χ2v) is 10.2. The maximum atomic E-state index is 15.4. The zero-order valence-electron chi connectivity index (χ0n) is 19.7. The van der Waals surface area contributed by atoms with Gasteiger partial charge >= 0.3 is 0 Å². The first-order chi connectivity index (χ1) is 15.2. The van der Waals surface area contributed by atoms with E-state index in [0.717, 1.165) is 52.7 Å². The van der Waals surface area contributed by atoms with E-state index in [4.69, 9.17) is 4.74 Å². The van der Waals surface area contributed by atoms with Gasteiger partial charge in [0.15, 0.2) is 0 Å². The molecule has 0 heterocycles. The lowest BCUT2D eigenvalue weighted by Crippen LogP contribution is -2.25. The summed E-state index contributed by atoms with van der Waals surface area (Å²) >= 11 is 0. The molecule has 2 aromatic rings.